The molecular formula is C20H17ClN4O2S. The minimum atomic E-state index is -0.324. The van der Waals surface area contributed by atoms with E-state index >= 15 is 0 Å². The molecule has 0 saturated heterocycles. The number of amides is 1. The van der Waals surface area contributed by atoms with Crippen LogP contribution in [-0.2, 0) is 17.6 Å². The predicted molar refractivity (Wildman–Crippen MR) is 108 cm³/mol. The lowest BCUT2D eigenvalue weighted by molar-refractivity contribution is -0.133. The Bertz CT molecular complexity index is 1110. The molecule has 1 aromatic carbocycles. The second-order valence-corrected chi connectivity index (χ2v) is 8.09. The number of imidazole rings is 1. The summed E-state index contributed by atoms with van der Waals surface area (Å²) in [4.78, 5) is 26.9. The summed E-state index contributed by atoms with van der Waals surface area (Å²) in [5, 5.41) is 4.16. The molecule has 1 amide bonds. The zero-order valence-corrected chi connectivity index (χ0v) is 16.5. The number of carbonyl (C=O) groups is 1. The summed E-state index contributed by atoms with van der Waals surface area (Å²) in [5.41, 5.74) is 2.72. The number of para-hydroxylation sites is 1. The van der Waals surface area contributed by atoms with Gasteiger partial charge in [-0.15, -0.1) is 11.3 Å². The highest BCUT2D eigenvalue weighted by molar-refractivity contribution is 7.10. The van der Waals surface area contributed by atoms with E-state index in [0.717, 1.165) is 39.5 Å². The van der Waals surface area contributed by atoms with E-state index in [9.17, 15) is 4.79 Å². The number of aromatic amines is 1. The molecule has 0 spiro atoms. The first-order valence-electron chi connectivity index (χ1n) is 9.09. The summed E-state index contributed by atoms with van der Waals surface area (Å²) < 4.78 is 6.10. The summed E-state index contributed by atoms with van der Waals surface area (Å²) in [6, 6.07) is 9.54. The van der Waals surface area contributed by atoms with Crippen LogP contribution in [0.5, 0.6) is 0 Å². The van der Waals surface area contributed by atoms with E-state index in [4.69, 9.17) is 16.0 Å². The lowest BCUT2D eigenvalue weighted by Gasteiger charge is -2.33. The van der Waals surface area contributed by atoms with Gasteiger partial charge in [0.1, 0.15) is 22.5 Å². The van der Waals surface area contributed by atoms with E-state index < -0.39 is 0 Å². The first kappa shape index (κ1) is 17.5. The molecule has 4 heterocycles. The average molecular weight is 413 g/mol. The molecule has 0 unspecified atom stereocenters. The van der Waals surface area contributed by atoms with Crippen molar-refractivity contribution in [1.29, 1.82) is 0 Å². The van der Waals surface area contributed by atoms with Crippen molar-refractivity contribution < 1.29 is 9.21 Å². The normalized spacial score (nSPS) is 16.5. The Labute approximate surface area is 170 Å². The van der Waals surface area contributed by atoms with Crippen LogP contribution in [-0.4, -0.2) is 32.3 Å². The molecule has 1 N–H and O–H groups in total. The van der Waals surface area contributed by atoms with Crippen molar-refractivity contribution in [3.63, 3.8) is 0 Å². The molecule has 6 nitrogen and oxygen atoms in total. The van der Waals surface area contributed by atoms with Gasteiger partial charge in [-0.2, -0.15) is 0 Å². The highest BCUT2D eigenvalue weighted by atomic mass is 35.5. The fourth-order valence-corrected chi connectivity index (χ4v) is 4.67. The number of nitrogens with one attached hydrogen (secondary N) is 1. The average Bonchev–Trinajstić information content (AvgIpc) is 3.43. The summed E-state index contributed by atoms with van der Waals surface area (Å²) in [5.74, 6) is 0.797. The number of carbonyl (C=O) groups excluding carboxylic acids is 1. The van der Waals surface area contributed by atoms with Crippen molar-refractivity contribution in [3.05, 3.63) is 69.3 Å². The number of fused-ring (bicyclic) bond motifs is 2. The molecule has 28 heavy (non-hydrogen) atoms. The third-order valence-corrected chi connectivity index (χ3v) is 6.27. The van der Waals surface area contributed by atoms with E-state index in [-0.39, 0.29) is 11.9 Å². The van der Waals surface area contributed by atoms with Gasteiger partial charge in [-0.05, 0) is 12.1 Å². The third kappa shape index (κ3) is 3.10. The Morgan fingerprint density at radius 3 is 3.11 bits per heavy atom. The Kier molecular flexibility index (Phi) is 4.41. The van der Waals surface area contributed by atoms with Crippen LogP contribution in [0.3, 0.4) is 0 Å². The molecule has 1 aliphatic rings. The number of benzene rings is 1. The molecular weight excluding hydrogens is 396 g/mol. The minimum Gasteiger partial charge on any atom is -0.458 e. The number of nitrogens with zero attached hydrogens (tertiary/aromatic N) is 3. The molecule has 142 valence electrons. The second kappa shape index (κ2) is 7.07. The molecule has 1 atom stereocenters. The maximum atomic E-state index is 13.1. The van der Waals surface area contributed by atoms with Crippen LogP contribution in [0.15, 0.2) is 46.5 Å². The van der Waals surface area contributed by atoms with Crippen LogP contribution in [0.4, 0.5) is 0 Å². The number of aryl methyl sites for hydroxylation is 1. The summed E-state index contributed by atoms with van der Waals surface area (Å²) in [6.07, 6.45) is 3.39. The Morgan fingerprint density at radius 1 is 1.39 bits per heavy atom. The van der Waals surface area contributed by atoms with Gasteiger partial charge in [-0.3, -0.25) is 4.79 Å². The van der Waals surface area contributed by atoms with Crippen LogP contribution in [0.2, 0.25) is 5.15 Å². The van der Waals surface area contributed by atoms with Gasteiger partial charge in [-0.1, -0.05) is 29.8 Å². The van der Waals surface area contributed by atoms with Crippen LogP contribution in [0, 0.1) is 0 Å². The quantitative estimate of drug-likeness (QED) is 0.540. The summed E-state index contributed by atoms with van der Waals surface area (Å²) in [7, 11) is 0. The highest BCUT2D eigenvalue weighted by Crippen LogP contribution is 2.36. The number of hydrogen-bond acceptors (Lipinski definition) is 5. The van der Waals surface area contributed by atoms with Crippen LogP contribution >= 0.6 is 22.9 Å². The number of aromatic nitrogens is 3. The van der Waals surface area contributed by atoms with Gasteiger partial charge in [-0.25, -0.2) is 9.97 Å². The second-order valence-electron chi connectivity index (χ2n) is 6.76. The monoisotopic (exact) mass is 412 g/mol. The Morgan fingerprint density at radius 2 is 2.29 bits per heavy atom. The third-order valence-electron chi connectivity index (χ3n) is 5.04. The lowest BCUT2D eigenvalue weighted by Crippen LogP contribution is -2.40. The zero-order chi connectivity index (χ0) is 19.1. The number of thiazole rings is 1. The lowest BCUT2D eigenvalue weighted by atomic mass is 9.99. The van der Waals surface area contributed by atoms with Crippen molar-refractivity contribution >= 4 is 39.8 Å². The smallest absolute Gasteiger partial charge is 0.223 e. The molecule has 0 saturated carbocycles. The van der Waals surface area contributed by atoms with Crippen LogP contribution in [0.25, 0.3) is 11.0 Å². The van der Waals surface area contributed by atoms with Crippen LogP contribution in [0.1, 0.15) is 34.6 Å². The molecule has 1 aliphatic heterocycles. The topological polar surface area (TPSA) is 75.0 Å². The van der Waals surface area contributed by atoms with E-state index in [1.165, 1.54) is 11.3 Å². The van der Waals surface area contributed by atoms with Crippen LogP contribution < -0.4 is 0 Å². The number of furan rings is 1. The first-order valence-corrected chi connectivity index (χ1v) is 10.3. The fraction of sp³-hybridized carbons (Fsp3) is 0.250. The predicted octanol–water partition coefficient (Wildman–Crippen LogP) is 4.37. The molecule has 0 fully saturated rings. The summed E-state index contributed by atoms with van der Waals surface area (Å²) >= 11 is 7.37. The summed E-state index contributed by atoms with van der Waals surface area (Å²) in [6.45, 7) is 0.619. The Balaban J connectivity index is 1.46. The maximum absolute atomic E-state index is 13.1. The standard InChI is InChI=1S/C20H17ClN4O2S/c21-16-10-28-17(24-16)5-6-18(26)25-8-7-13-19(23-11-22-13)20(25)15-9-12-3-1-2-4-14(12)27-15/h1-4,9-11,20H,5-8H2,(H,22,23)/t20-/m1/s1. The van der Waals surface area contributed by atoms with Crippen molar-refractivity contribution in [1.82, 2.24) is 19.9 Å². The molecule has 0 radical (unpaired) electrons. The van der Waals surface area contributed by atoms with Gasteiger partial charge in [0, 0.05) is 42.3 Å². The SMILES string of the molecule is O=C(CCc1nc(Cl)cs1)N1CCc2[nH]cnc2[C@H]1c1cc2ccccc2o1. The van der Waals surface area contributed by atoms with E-state index in [2.05, 4.69) is 15.0 Å². The van der Waals surface area contributed by atoms with Crippen molar-refractivity contribution in [2.75, 3.05) is 6.54 Å². The van der Waals surface area contributed by atoms with Gasteiger partial charge in [0.05, 0.1) is 17.0 Å². The van der Waals surface area contributed by atoms with Gasteiger partial charge in [0.25, 0.3) is 0 Å². The zero-order valence-electron chi connectivity index (χ0n) is 14.9. The largest absolute Gasteiger partial charge is 0.458 e. The highest BCUT2D eigenvalue weighted by Gasteiger charge is 2.36. The Hall–Kier alpha value is -2.64. The maximum Gasteiger partial charge on any atom is 0.223 e. The van der Waals surface area contributed by atoms with Gasteiger partial charge >= 0.3 is 0 Å². The minimum absolute atomic E-state index is 0.0606. The number of H-pyrrole nitrogens is 1. The number of halogens is 1. The van der Waals surface area contributed by atoms with Gasteiger partial charge in [0.2, 0.25) is 5.91 Å². The van der Waals surface area contributed by atoms with Crippen molar-refractivity contribution in [2.45, 2.75) is 25.3 Å². The van der Waals surface area contributed by atoms with E-state index in [1.807, 2.05) is 35.2 Å². The van der Waals surface area contributed by atoms with Gasteiger partial charge in [0.15, 0.2) is 0 Å². The molecule has 8 heteroatoms. The molecule has 4 aromatic rings. The molecule has 0 aliphatic carbocycles. The fourth-order valence-electron chi connectivity index (χ4n) is 3.73. The number of hydrogen-bond donors (Lipinski definition) is 1. The first-order chi connectivity index (χ1) is 13.7. The molecule has 0 bridgehead atoms. The van der Waals surface area contributed by atoms with Crippen molar-refractivity contribution in [2.24, 2.45) is 0 Å². The molecule has 3 aromatic heterocycles. The molecule has 5 rings (SSSR count). The van der Waals surface area contributed by atoms with E-state index in [1.54, 1.807) is 11.7 Å². The van der Waals surface area contributed by atoms with Crippen molar-refractivity contribution in [3.8, 4) is 0 Å². The number of rotatable bonds is 4. The van der Waals surface area contributed by atoms with E-state index in [0.29, 0.717) is 24.5 Å². The van der Waals surface area contributed by atoms with Gasteiger partial charge < -0.3 is 14.3 Å².